The summed E-state index contributed by atoms with van der Waals surface area (Å²) in [5.74, 6) is 0.148. The molecule has 5 nitrogen and oxygen atoms in total. The zero-order valence-corrected chi connectivity index (χ0v) is 15.6. The monoisotopic (exact) mass is 374 g/mol. The highest BCUT2D eigenvalue weighted by Crippen LogP contribution is 2.11. The predicted molar refractivity (Wildman–Crippen MR) is 102 cm³/mol. The fraction of sp³-hybridized carbons (Fsp3) is 0.300. The van der Waals surface area contributed by atoms with Crippen molar-refractivity contribution in [3.05, 3.63) is 65.2 Å². The molecule has 0 fully saturated rings. The topological polar surface area (TPSA) is 67.4 Å². The lowest BCUT2D eigenvalue weighted by molar-refractivity contribution is -0.124. The minimum absolute atomic E-state index is 0.0544. The summed E-state index contributed by atoms with van der Waals surface area (Å²) in [6, 6.07) is 15.3. The second-order valence-corrected chi connectivity index (χ2v) is 6.59. The Morgan fingerprint density at radius 3 is 2.31 bits per heavy atom. The largest absolute Gasteiger partial charge is 0.492 e. The molecule has 2 rings (SSSR count). The first-order valence-corrected chi connectivity index (χ1v) is 8.87. The van der Waals surface area contributed by atoms with E-state index in [0.29, 0.717) is 23.7 Å². The summed E-state index contributed by atoms with van der Waals surface area (Å²) in [5.41, 5.74) is 0.459. The second kappa shape index (κ2) is 9.82. The van der Waals surface area contributed by atoms with Gasteiger partial charge < -0.3 is 15.4 Å². The van der Waals surface area contributed by atoms with Crippen LogP contribution in [-0.4, -0.2) is 31.0 Å². The van der Waals surface area contributed by atoms with Gasteiger partial charge in [-0.2, -0.15) is 0 Å². The molecule has 0 aliphatic rings. The van der Waals surface area contributed by atoms with E-state index in [2.05, 4.69) is 10.6 Å². The summed E-state index contributed by atoms with van der Waals surface area (Å²) >= 11 is 5.83. The van der Waals surface area contributed by atoms with Crippen molar-refractivity contribution < 1.29 is 14.3 Å². The quantitative estimate of drug-likeness (QED) is 0.697. The average molecular weight is 375 g/mol. The summed E-state index contributed by atoms with van der Waals surface area (Å²) in [6.45, 7) is 4.47. The van der Waals surface area contributed by atoms with Gasteiger partial charge in [0, 0.05) is 10.6 Å². The first-order valence-electron chi connectivity index (χ1n) is 8.49. The fourth-order valence-electron chi connectivity index (χ4n) is 2.33. The molecule has 0 spiro atoms. The predicted octanol–water partition coefficient (Wildman–Crippen LogP) is 3.29. The van der Waals surface area contributed by atoms with Gasteiger partial charge in [0.05, 0.1) is 6.54 Å². The summed E-state index contributed by atoms with van der Waals surface area (Å²) < 4.78 is 5.54. The van der Waals surface area contributed by atoms with Crippen molar-refractivity contribution in [3.63, 3.8) is 0 Å². The van der Waals surface area contributed by atoms with Gasteiger partial charge in [0.15, 0.2) is 0 Å². The Kier molecular flexibility index (Phi) is 7.48. The lowest BCUT2D eigenvalue weighted by Gasteiger charge is -2.22. The molecule has 138 valence electrons. The molecule has 0 radical (unpaired) electrons. The number of hydrogen-bond acceptors (Lipinski definition) is 3. The van der Waals surface area contributed by atoms with E-state index >= 15 is 0 Å². The molecule has 6 heteroatoms. The highest BCUT2D eigenvalue weighted by molar-refractivity contribution is 6.30. The number of rotatable bonds is 8. The van der Waals surface area contributed by atoms with Crippen LogP contribution in [0.3, 0.4) is 0 Å². The Labute approximate surface area is 158 Å². The van der Waals surface area contributed by atoms with Gasteiger partial charge in [-0.3, -0.25) is 9.59 Å². The van der Waals surface area contributed by atoms with Crippen LogP contribution in [0.5, 0.6) is 5.75 Å². The minimum Gasteiger partial charge on any atom is -0.492 e. The zero-order valence-electron chi connectivity index (χ0n) is 14.9. The van der Waals surface area contributed by atoms with Crippen LogP contribution >= 0.6 is 11.6 Å². The van der Waals surface area contributed by atoms with Gasteiger partial charge in [-0.1, -0.05) is 43.6 Å². The van der Waals surface area contributed by atoms with Crippen molar-refractivity contribution in [2.24, 2.45) is 5.92 Å². The van der Waals surface area contributed by atoms with Crippen LogP contribution in [0.15, 0.2) is 54.6 Å². The number of halogens is 1. The number of nitrogens with one attached hydrogen (secondary N) is 2. The van der Waals surface area contributed by atoms with E-state index in [0.717, 1.165) is 5.75 Å². The van der Waals surface area contributed by atoms with Crippen LogP contribution in [0, 0.1) is 5.92 Å². The molecule has 1 atom stereocenters. The molecule has 0 bridgehead atoms. The van der Waals surface area contributed by atoms with E-state index < -0.39 is 6.04 Å². The van der Waals surface area contributed by atoms with E-state index in [4.69, 9.17) is 16.3 Å². The van der Waals surface area contributed by atoms with Crippen LogP contribution < -0.4 is 15.4 Å². The van der Waals surface area contributed by atoms with Crippen LogP contribution in [-0.2, 0) is 4.79 Å². The molecule has 26 heavy (non-hydrogen) atoms. The van der Waals surface area contributed by atoms with Crippen LogP contribution in [0.1, 0.15) is 24.2 Å². The molecule has 0 aliphatic carbocycles. The Hall–Kier alpha value is -2.53. The van der Waals surface area contributed by atoms with Crippen molar-refractivity contribution in [3.8, 4) is 5.75 Å². The van der Waals surface area contributed by atoms with E-state index in [1.165, 1.54) is 0 Å². The third-order valence-corrected chi connectivity index (χ3v) is 4.01. The van der Waals surface area contributed by atoms with E-state index in [9.17, 15) is 9.59 Å². The average Bonchev–Trinajstić information content (AvgIpc) is 2.64. The molecule has 2 amide bonds. The Morgan fingerprint density at radius 1 is 1.04 bits per heavy atom. The van der Waals surface area contributed by atoms with E-state index in [1.807, 2.05) is 44.2 Å². The zero-order chi connectivity index (χ0) is 18.9. The molecule has 2 N–H and O–H groups in total. The molecular formula is C20H23ClN2O3. The van der Waals surface area contributed by atoms with Crippen molar-refractivity contribution in [1.82, 2.24) is 10.6 Å². The van der Waals surface area contributed by atoms with E-state index in [-0.39, 0.29) is 17.7 Å². The third-order valence-electron chi connectivity index (χ3n) is 3.76. The number of para-hydroxylation sites is 1. The number of ether oxygens (including phenoxy) is 1. The lowest BCUT2D eigenvalue weighted by Crippen LogP contribution is -2.50. The highest BCUT2D eigenvalue weighted by atomic mass is 35.5. The van der Waals surface area contributed by atoms with E-state index in [1.54, 1.807) is 24.3 Å². The molecule has 0 saturated carbocycles. The number of amides is 2. The first kappa shape index (κ1) is 19.8. The van der Waals surface area contributed by atoms with Crippen LogP contribution in [0.4, 0.5) is 0 Å². The lowest BCUT2D eigenvalue weighted by atomic mass is 10.0. The van der Waals surface area contributed by atoms with Crippen molar-refractivity contribution in [1.29, 1.82) is 0 Å². The van der Waals surface area contributed by atoms with Gasteiger partial charge in [-0.25, -0.2) is 0 Å². The summed E-state index contributed by atoms with van der Waals surface area (Å²) in [5, 5.41) is 6.13. The standard InChI is InChI=1S/C20H23ClN2O3/c1-14(2)18(23-19(24)15-8-10-16(21)11-9-15)20(25)22-12-13-26-17-6-4-3-5-7-17/h3-11,14,18H,12-13H2,1-2H3,(H,22,25)(H,23,24). The molecular weight excluding hydrogens is 352 g/mol. The molecule has 1 unspecified atom stereocenters. The molecule has 0 aliphatic heterocycles. The molecule has 2 aromatic carbocycles. The fourth-order valence-corrected chi connectivity index (χ4v) is 2.46. The normalized spacial score (nSPS) is 11.7. The highest BCUT2D eigenvalue weighted by Gasteiger charge is 2.24. The van der Waals surface area contributed by atoms with Gasteiger partial charge >= 0.3 is 0 Å². The van der Waals surface area contributed by atoms with Gasteiger partial charge in [0.25, 0.3) is 5.91 Å². The number of hydrogen-bond donors (Lipinski definition) is 2. The van der Waals surface area contributed by atoms with Crippen LogP contribution in [0.25, 0.3) is 0 Å². The maximum Gasteiger partial charge on any atom is 0.251 e. The van der Waals surface area contributed by atoms with Gasteiger partial charge in [0.1, 0.15) is 18.4 Å². The third kappa shape index (κ3) is 6.08. The Balaban J connectivity index is 1.84. The molecule has 0 saturated heterocycles. The minimum atomic E-state index is -0.630. The second-order valence-electron chi connectivity index (χ2n) is 6.15. The smallest absolute Gasteiger partial charge is 0.251 e. The summed E-state index contributed by atoms with van der Waals surface area (Å²) in [6.07, 6.45) is 0. The summed E-state index contributed by atoms with van der Waals surface area (Å²) in [4.78, 5) is 24.7. The number of carbonyl (C=O) groups excluding carboxylic acids is 2. The first-order chi connectivity index (χ1) is 12.5. The van der Waals surface area contributed by atoms with Gasteiger partial charge in [-0.15, -0.1) is 0 Å². The Morgan fingerprint density at radius 2 is 1.69 bits per heavy atom. The number of benzene rings is 2. The van der Waals surface area contributed by atoms with Gasteiger partial charge in [-0.05, 0) is 42.3 Å². The molecule has 0 aromatic heterocycles. The molecule has 2 aromatic rings. The van der Waals surface area contributed by atoms with Gasteiger partial charge in [0.2, 0.25) is 5.91 Å². The van der Waals surface area contributed by atoms with Crippen LogP contribution in [0.2, 0.25) is 5.02 Å². The van der Waals surface area contributed by atoms with Crippen molar-refractivity contribution >= 4 is 23.4 Å². The molecule has 0 heterocycles. The Bertz CT molecular complexity index is 718. The maximum atomic E-state index is 12.4. The SMILES string of the molecule is CC(C)C(NC(=O)c1ccc(Cl)cc1)C(=O)NCCOc1ccccc1. The number of carbonyl (C=O) groups is 2. The summed E-state index contributed by atoms with van der Waals surface area (Å²) in [7, 11) is 0. The van der Waals surface area contributed by atoms with Crippen molar-refractivity contribution in [2.75, 3.05) is 13.2 Å². The van der Waals surface area contributed by atoms with Crippen molar-refractivity contribution in [2.45, 2.75) is 19.9 Å². The maximum absolute atomic E-state index is 12.4.